The molecule has 3 aromatic carbocycles. The molecule has 41 heavy (non-hydrogen) atoms. The van der Waals surface area contributed by atoms with Crippen molar-refractivity contribution in [2.24, 2.45) is 5.10 Å². The van der Waals surface area contributed by atoms with Crippen LogP contribution in [0.4, 0.5) is 10.5 Å². The zero-order chi connectivity index (χ0) is 29.2. The number of hydrazone groups is 1. The molecule has 0 aliphatic heterocycles. The van der Waals surface area contributed by atoms with Gasteiger partial charge in [0.2, 0.25) is 5.91 Å². The summed E-state index contributed by atoms with van der Waals surface area (Å²) in [5.74, 6) is 0.282. The minimum Gasteiger partial charge on any atom is -0.494 e. The first-order valence-corrected chi connectivity index (χ1v) is 14.3. The van der Waals surface area contributed by atoms with Crippen LogP contribution in [0.2, 0.25) is 0 Å². The van der Waals surface area contributed by atoms with E-state index in [2.05, 4.69) is 20.8 Å². The highest BCUT2D eigenvalue weighted by Gasteiger charge is 2.20. The molecular formula is C28H27N5O6S2. The van der Waals surface area contributed by atoms with E-state index < -0.39 is 23.0 Å². The number of carbonyl (C=O) groups is 2. The zero-order valence-corrected chi connectivity index (χ0v) is 23.9. The van der Waals surface area contributed by atoms with E-state index in [1.807, 2.05) is 31.2 Å². The van der Waals surface area contributed by atoms with Crippen molar-refractivity contribution in [1.29, 1.82) is 0 Å². The molecule has 0 spiro atoms. The number of rotatable bonds is 12. The van der Waals surface area contributed by atoms with Gasteiger partial charge in [0, 0.05) is 11.6 Å². The third kappa shape index (κ3) is 8.25. The van der Waals surface area contributed by atoms with Gasteiger partial charge in [0.15, 0.2) is 4.34 Å². The van der Waals surface area contributed by atoms with Gasteiger partial charge in [0.05, 0.1) is 51.9 Å². The lowest BCUT2D eigenvalue weighted by Crippen LogP contribution is -2.33. The number of aromatic nitrogens is 1. The number of fused-ring (bicyclic) bond motifs is 1. The van der Waals surface area contributed by atoms with Gasteiger partial charge in [-0.3, -0.25) is 14.9 Å². The van der Waals surface area contributed by atoms with E-state index in [0.29, 0.717) is 21.4 Å². The molecule has 0 saturated heterocycles. The van der Waals surface area contributed by atoms with Crippen molar-refractivity contribution in [1.82, 2.24) is 15.7 Å². The Balaban J connectivity index is 1.42. The number of hydrogen-bond donors (Lipinski definition) is 2. The van der Waals surface area contributed by atoms with Crippen LogP contribution in [0.1, 0.15) is 37.4 Å². The maximum atomic E-state index is 12.6. The first-order valence-electron chi connectivity index (χ1n) is 12.7. The molecule has 2 N–H and O–H groups in total. The van der Waals surface area contributed by atoms with Gasteiger partial charge in [-0.2, -0.15) is 5.10 Å². The van der Waals surface area contributed by atoms with Gasteiger partial charge in [0.1, 0.15) is 5.75 Å². The van der Waals surface area contributed by atoms with Crippen LogP contribution in [0.5, 0.6) is 5.75 Å². The van der Waals surface area contributed by atoms with Crippen LogP contribution in [0, 0.1) is 10.1 Å². The first kappa shape index (κ1) is 29.5. The van der Waals surface area contributed by atoms with Gasteiger partial charge < -0.3 is 14.8 Å². The van der Waals surface area contributed by atoms with E-state index in [1.165, 1.54) is 35.4 Å². The van der Waals surface area contributed by atoms with E-state index in [9.17, 15) is 19.7 Å². The average Bonchev–Trinajstić information content (AvgIpc) is 3.35. The second-order valence-electron chi connectivity index (χ2n) is 8.45. The lowest BCUT2D eigenvalue weighted by molar-refractivity contribution is -0.387. The predicted molar refractivity (Wildman–Crippen MR) is 158 cm³/mol. The molecule has 0 bridgehead atoms. The summed E-state index contributed by atoms with van der Waals surface area (Å²) in [6, 6.07) is 18.7. The molecule has 1 atom stereocenters. The third-order valence-electron chi connectivity index (χ3n) is 5.59. The third-order valence-corrected chi connectivity index (χ3v) is 7.73. The molecule has 2 amide bonds. The SMILES string of the molecule is CCOC(=O)N[C@H](CC(=O)N/N=C\c1ccc(Sc2nc3ccc(OCC)cc3s2)c([N+](=O)[O-])c1)c1ccccc1. The first-order chi connectivity index (χ1) is 19.9. The average molecular weight is 594 g/mol. The number of nitro groups is 1. The highest BCUT2D eigenvalue weighted by Crippen LogP contribution is 2.39. The number of nitro benzene ring substituents is 1. The monoisotopic (exact) mass is 593 g/mol. The number of thiazole rings is 1. The number of amides is 2. The second-order valence-corrected chi connectivity index (χ2v) is 10.8. The number of nitrogens with zero attached hydrogens (tertiary/aromatic N) is 3. The quantitative estimate of drug-likeness (QED) is 0.114. The Labute approximate surface area is 244 Å². The molecule has 13 heteroatoms. The Morgan fingerprint density at radius 3 is 2.66 bits per heavy atom. The summed E-state index contributed by atoms with van der Waals surface area (Å²) in [6.45, 7) is 4.35. The Morgan fingerprint density at radius 1 is 1.12 bits per heavy atom. The maximum absolute atomic E-state index is 12.6. The number of carbonyl (C=O) groups excluding carboxylic acids is 2. The number of alkyl carbamates (subject to hydrolysis) is 1. The molecule has 0 aliphatic carbocycles. The van der Waals surface area contributed by atoms with Crippen molar-refractivity contribution in [3.05, 3.63) is 88.0 Å². The van der Waals surface area contributed by atoms with Gasteiger partial charge in [-0.25, -0.2) is 15.2 Å². The summed E-state index contributed by atoms with van der Waals surface area (Å²) in [7, 11) is 0. The molecule has 0 radical (unpaired) electrons. The summed E-state index contributed by atoms with van der Waals surface area (Å²) in [5, 5.41) is 18.4. The fraction of sp³-hybridized carbons (Fsp3) is 0.214. The van der Waals surface area contributed by atoms with E-state index in [1.54, 1.807) is 43.3 Å². The summed E-state index contributed by atoms with van der Waals surface area (Å²) in [5.41, 5.74) is 4.25. The predicted octanol–water partition coefficient (Wildman–Crippen LogP) is 6.08. The van der Waals surface area contributed by atoms with Crippen LogP contribution in [0.15, 0.2) is 81.1 Å². The van der Waals surface area contributed by atoms with Gasteiger partial charge in [-0.05, 0) is 43.7 Å². The number of ether oxygens (including phenoxy) is 2. The lowest BCUT2D eigenvalue weighted by atomic mass is 10.0. The topological polar surface area (TPSA) is 145 Å². The van der Waals surface area contributed by atoms with Gasteiger partial charge in [-0.1, -0.05) is 48.2 Å². The van der Waals surface area contributed by atoms with Crippen LogP contribution in [0.25, 0.3) is 10.2 Å². The van der Waals surface area contributed by atoms with Gasteiger partial charge >= 0.3 is 6.09 Å². The Kier molecular flexibility index (Phi) is 10.2. The smallest absolute Gasteiger partial charge is 0.407 e. The summed E-state index contributed by atoms with van der Waals surface area (Å²) in [4.78, 5) is 40.9. The fourth-order valence-electron chi connectivity index (χ4n) is 3.78. The largest absolute Gasteiger partial charge is 0.494 e. The minimum atomic E-state index is -0.635. The molecule has 11 nitrogen and oxygen atoms in total. The van der Waals surface area contributed by atoms with E-state index in [0.717, 1.165) is 21.5 Å². The fourth-order valence-corrected chi connectivity index (χ4v) is 5.92. The standard InChI is InChI=1S/C28H27N5O6S2/c1-3-38-20-11-12-21-25(15-20)41-28(31-21)40-24-13-10-18(14-23(24)33(36)37)17-29-32-26(34)16-22(30-27(35)39-4-2)19-8-6-5-7-9-19/h5-15,17,22H,3-4,16H2,1-2H3,(H,30,35)(H,32,34)/b29-17-/t22-/m1/s1. The van der Waals surface area contributed by atoms with Crippen LogP contribution >= 0.6 is 23.1 Å². The van der Waals surface area contributed by atoms with Crippen molar-refractivity contribution in [2.75, 3.05) is 13.2 Å². The zero-order valence-electron chi connectivity index (χ0n) is 22.2. The summed E-state index contributed by atoms with van der Waals surface area (Å²) in [6.07, 6.45) is 0.594. The van der Waals surface area contributed by atoms with Gasteiger partial charge in [0.25, 0.3) is 5.69 Å². The highest BCUT2D eigenvalue weighted by molar-refractivity contribution is 8.01. The molecule has 0 unspecified atom stereocenters. The van der Waals surface area contributed by atoms with Crippen molar-refractivity contribution in [2.45, 2.75) is 35.5 Å². The van der Waals surface area contributed by atoms with Crippen molar-refractivity contribution in [3.63, 3.8) is 0 Å². The molecule has 0 saturated carbocycles. The second kappa shape index (κ2) is 14.2. The van der Waals surface area contributed by atoms with Crippen molar-refractivity contribution in [3.8, 4) is 5.75 Å². The van der Waals surface area contributed by atoms with Crippen LogP contribution in [-0.2, 0) is 9.53 Å². The van der Waals surface area contributed by atoms with Crippen molar-refractivity contribution < 1.29 is 24.0 Å². The Morgan fingerprint density at radius 2 is 1.93 bits per heavy atom. The lowest BCUT2D eigenvalue weighted by Gasteiger charge is -2.18. The Bertz CT molecular complexity index is 1560. The van der Waals surface area contributed by atoms with Crippen LogP contribution in [-0.4, -0.2) is 41.3 Å². The number of benzene rings is 3. The molecule has 212 valence electrons. The van der Waals surface area contributed by atoms with Crippen LogP contribution < -0.4 is 15.5 Å². The molecular weight excluding hydrogens is 566 g/mol. The number of hydrogen-bond acceptors (Lipinski definition) is 10. The maximum Gasteiger partial charge on any atom is 0.407 e. The summed E-state index contributed by atoms with van der Waals surface area (Å²) >= 11 is 2.63. The van der Waals surface area contributed by atoms with E-state index in [4.69, 9.17) is 9.47 Å². The molecule has 1 aromatic heterocycles. The normalized spacial score (nSPS) is 11.8. The molecule has 1 heterocycles. The summed E-state index contributed by atoms with van der Waals surface area (Å²) < 4.78 is 12.1. The molecule has 0 aliphatic rings. The molecule has 0 fully saturated rings. The number of nitrogens with one attached hydrogen (secondary N) is 2. The van der Waals surface area contributed by atoms with E-state index in [-0.39, 0.29) is 18.7 Å². The minimum absolute atomic E-state index is 0.0931. The van der Waals surface area contributed by atoms with Crippen LogP contribution in [0.3, 0.4) is 0 Å². The molecule has 4 rings (SSSR count). The highest BCUT2D eigenvalue weighted by atomic mass is 32.2. The van der Waals surface area contributed by atoms with Crippen molar-refractivity contribution >= 4 is 57.2 Å². The Hall–Kier alpha value is -4.49. The molecule has 4 aromatic rings. The van der Waals surface area contributed by atoms with E-state index >= 15 is 0 Å². The van der Waals surface area contributed by atoms with Gasteiger partial charge in [-0.15, -0.1) is 11.3 Å².